The van der Waals surface area contributed by atoms with Gasteiger partial charge >= 0.3 is 6.03 Å². The Balaban J connectivity index is 1.82. The molecule has 2 aromatic rings. The zero-order valence-corrected chi connectivity index (χ0v) is 11.1. The maximum absolute atomic E-state index is 13.0. The molecule has 1 aliphatic carbocycles. The summed E-state index contributed by atoms with van der Waals surface area (Å²) in [6, 6.07) is 7.46. The van der Waals surface area contributed by atoms with Crippen molar-refractivity contribution in [3.8, 4) is 0 Å². The van der Waals surface area contributed by atoms with Crippen molar-refractivity contribution >= 4 is 11.8 Å². The van der Waals surface area contributed by atoms with Crippen LogP contribution in [0.3, 0.4) is 0 Å². The highest BCUT2D eigenvalue weighted by atomic mass is 19.1. The normalized spacial score (nSPS) is 15.9. The lowest BCUT2D eigenvalue weighted by atomic mass is 10.1. The van der Waals surface area contributed by atoms with Crippen molar-refractivity contribution in [2.24, 2.45) is 0 Å². The Morgan fingerprint density at radius 1 is 1.40 bits per heavy atom. The molecule has 0 aliphatic heterocycles. The average molecular weight is 274 g/mol. The third kappa shape index (κ3) is 2.13. The quantitative estimate of drug-likeness (QED) is 0.881. The van der Waals surface area contributed by atoms with Crippen LogP contribution in [0.2, 0.25) is 0 Å². The van der Waals surface area contributed by atoms with E-state index >= 15 is 0 Å². The first kappa shape index (κ1) is 12.7. The van der Waals surface area contributed by atoms with E-state index in [4.69, 9.17) is 5.73 Å². The lowest BCUT2D eigenvalue weighted by molar-refractivity contribution is 0.235. The summed E-state index contributed by atoms with van der Waals surface area (Å²) in [6.45, 7) is 1.77. The van der Waals surface area contributed by atoms with Gasteiger partial charge in [0.1, 0.15) is 11.6 Å². The highest BCUT2D eigenvalue weighted by Crippen LogP contribution is 2.45. The topological polar surface area (TPSA) is 72.9 Å². The Morgan fingerprint density at radius 3 is 2.55 bits per heavy atom. The van der Waals surface area contributed by atoms with Crippen LogP contribution in [-0.2, 0) is 5.54 Å². The number of aryl methyl sites for hydroxylation is 1. The van der Waals surface area contributed by atoms with Crippen LogP contribution in [0.4, 0.5) is 15.0 Å². The number of nitrogens with zero attached hydrogens (tertiary/aromatic N) is 2. The van der Waals surface area contributed by atoms with Gasteiger partial charge in [0.15, 0.2) is 0 Å². The molecule has 0 atom stereocenters. The van der Waals surface area contributed by atoms with E-state index in [0.717, 1.165) is 23.1 Å². The third-order valence-electron chi connectivity index (χ3n) is 3.54. The highest BCUT2D eigenvalue weighted by Gasteiger charge is 2.46. The number of hydrogen-bond donors (Lipinski definition) is 2. The van der Waals surface area contributed by atoms with Gasteiger partial charge in [0, 0.05) is 6.07 Å². The van der Waals surface area contributed by atoms with Crippen LogP contribution in [0.1, 0.15) is 24.1 Å². The number of hydrogen-bond acceptors (Lipinski definition) is 3. The number of anilines is 1. The Bertz CT molecular complexity index is 658. The molecule has 0 radical (unpaired) electrons. The number of rotatable bonds is 2. The van der Waals surface area contributed by atoms with E-state index < -0.39 is 5.54 Å². The van der Waals surface area contributed by atoms with E-state index in [0.29, 0.717) is 11.5 Å². The maximum Gasteiger partial charge on any atom is 0.344 e. The molecule has 1 aliphatic rings. The van der Waals surface area contributed by atoms with Crippen LogP contribution < -0.4 is 11.1 Å². The zero-order chi connectivity index (χ0) is 14.3. The Kier molecular flexibility index (Phi) is 2.74. The first-order valence-corrected chi connectivity index (χ1v) is 6.41. The fourth-order valence-corrected chi connectivity index (χ4v) is 2.32. The van der Waals surface area contributed by atoms with Gasteiger partial charge < -0.3 is 11.1 Å². The van der Waals surface area contributed by atoms with Gasteiger partial charge in [-0.25, -0.2) is 9.18 Å². The van der Waals surface area contributed by atoms with Gasteiger partial charge in [0.05, 0.1) is 11.2 Å². The molecule has 1 heterocycles. The molecule has 3 N–H and O–H groups in total. The third-order valence-corrected chi connectivity index (χ3v) is 3.54. The Morgan fingerprint density at radius 2 is 2.05 bits per heavy atom. The van der Waals surface area contributed by atoms with E-state index in [1.54, 1.807) is 25.1 Å². The number of nitrogens with two attached hydrogens (primary N) is 1. The predicted molar refractivity (Wildman–Crippen MR) is 72.6 cm³/mol. The summed E-state index contributed by atoms with van der Waals surface area (Å²) < 4.78 is 14.1. The summed E-state index contributed by atoms with van der Waals surface area (Å²) in [5.41, 5.74) is 6.89. The molecule has 0 unspecified atom stereocenters. The van der Waals surface area contributed by atoms with E-state index in [2.05, 4.69) is 10.4 Å². The van der Waals surface area contributed by atoms with Crippen LogP contribution in [0.5, 0.6) is 0 Å². The number of aromatic nitrogens is 2. The van der Waals surface area contributed by atoms with Crippen LogP contribution in [-0.4, -0.2) is 15.8 Å². The minimum atomic E-state index is -0.420. The lowest BCUT2D eigenvalue weighted by Crippen LogP contribution is -2.38. The second-order valence-electron chi connectivity index (χ2n) is 5.14. The van der Waals surface area contributed by atoms with Gasteiger partial charge in [-0.1, -0.05) is 12.1 Å². The van der Waals surface area contributed by atoms with Crippen molar-refractivity contribution in [3.05, 3.63) is 47.4 Å². The van der Waals surface area contributed by atoms with Crippen molar-refractivity contribution in [1.82, 2.24) is 15.1 Å². The highest BCUT2D eigenvalue weighted by molar-refractivity contribution is 5.80. The molecule has 1 saturated carbocycles. The minimum absolute atomic E-state index is 0.289. The van der Waals surface area contributed by atoms with Gasteiger partial charge in [-0.3, -0.25) is 0 Å². The molecular formula is C14H15FN4O. The summed E-state index contributed by atoms with van der Waals surface area (Å²) in [4.78, 5) is 12.2. The van der Waals surface area contributed by atoms with Crippen molar-refractivity contribution in [1.29, 1.82) is 0 Å². The number of carbonyl (C=O) groups is 1. The second-order valence-corrected chi connectivity index (χ2v) is 5.14. The smallest absolute Gasteiger partial charge is 0.344 e. The van der Waals surface area contributed by atoms with Crippen LogP contribution in [0, 0.1) is 12.7 Å². The van der Waals surface area contributed by atoms with Gasteiger partial charge in [-0.15, -0.1) is 0 Å². The van der Waals surface area contributed by atoms with Gasteiger partial charge in [0.25, 0.3) is 0 Å². The van der Waals surface area contributed by atoms with Crippen molar-refractivity contribution < 1.29 is 9.18 Å². The molecule has 0 spiro atoms. The number of nitrogen functional groups attached to an aromatic ring is 1. The van der Waals surface area contributed by atoms with Gasteiger partial charge in [-0.05, 0) is 37.5 Å². The number of benzene rings is 1. The summed E-state index contributed by atoms with van der Waals surface area (Å²) in [5.74, 6) is 0.0118. The fraction of sp³-hybridized carbons (Fsp3) is 0.286. The predicted octanol–water partition coefficient (Wildman–Crippen LogP) is 2.16. The van der Waals surface area contributed by atoms with E-state index in [1.807, 2.05) is 0 Å². The SMILES string of the molecule is Cc1cc(N)n(C(=O)NC2(c3ccc(F)cc3)CC2)n1. The van der Waals surface area contributed by atoms with E-state index in [9.17, 15) is 9.18 Å². The summed E-state index contributed by atoms with van der Waals surface area (Å²) in [7, 11) is 0. The Labute approximate surface area is 115 Å². The molecule has 104 valence electrons. The Hall–Kier alpha value is -2.37. The van der Waals surface area contributed by atoms with Crippen LogP contribution >= 0.6 is 0 Å². The van der Waals surface area contributed by atoms with Crippen LogP contribution in [0.25, 0.3) is 0 Å². The molecule has 0 bridgehead atoms. The van der Waals surface area contributed by atoms with Crippen molar-refractivity contribution in [2.45, 2.75) is 25.3 Å². The molecule has 3 rings (SSSR count). The first-order valence-electron chi connectivity index (χ1n) is 6.41. The molecule has 20 heavy (non-hydrogen) atoms. The molecule has 6 heteroatoms. The van der Waals surface area contributed by atoms with Gasteiger partial charge in [0.2, 0.25) is 0 Å². The largest absolute Gasteiger partial charge is 0.383 e. The molecule has 0 saturated heterocycles. The summed E-state index contributed by atoms with van der Waals surface area (Å²) >= 11 is 0. The molecule has 1 aromatic carbocycles. The number of nitrogens with one attached hydrogen (secondary N) is 1. The molecule has 1 fully saturated rings. The summed E-state index contributed by atoms with van der Waals surface area (Å²) in [5, 5.41) is 6.98. The number of carbonyl (C=O) groups excluding carboxylic acids is 1. The maximum atomic E-state index is 13.0. The van der Waals surface area contributed by atoms with E-state index in [-0.39, 0.29) is 11.8 Å². The average Bonchev–Trinajstić information content (AvgIpc) is 3.09. The summed E-state index contributed by atoms with van der Waals surface area (Å²) in [6.07, 6.45) is 1.65. The second kappa shape index (κ2) is 4.33. The molecular weight excluding hydrogens is 259 g/mol. The van der Waals surface area contributed by atoms with Crippen LogP contribution in [0.15, 0.2) is 30.3 Å². The number of amides is 1. The molecule has 1 aromatic heterocycles. The van der Waals surface area contributed by atoms with Crippen molar-refractivity contribution in [2.75, 3.05) is 5.73 Å². The minimum Gasteiger partial charge on any atom is -0.383 e. The van der Waals surface area contributed by atoms with Gasteiger partial charge in [-0.2, -0.15) is 9.78 Å². The molecule has 1 amide bonds. The first-order chi connectivity index (χ1) is 9.50. The zero-order valence-electron chi connectivity index (χ0n) is 11.1. The fourth-order valence-electron chi connectivity index (χ4n) is 2.32. The van der Waals surface area contributed by atoms with Crippen molar-refractivity contribution in [3.63, 3.8) is 0 Å². The number of halogens is 1. The van der Waals surface area contributed by atoms with E-state index in [1.165, 1.54) is 12.1 Å². The monoisotopic (exact) mass is 274 g/mol. The lowest BCUT2D eigenvalue weighted by Gasteiger charge is -2.18. The standard InChI is InChI=1S/C14H15FN4O/c1-9-8-12(16)19(18-9)13(20)17-14(6-7-14)10-2-4-11(15)5-3-10/h2-5,8H,6-7,16H2,1H3,(H,17,20). The molecule has 5 nitrogen and oxygen atoms in total.